The molecule has 1 aliphatic carbocycles. The minimum atomic E-state index is -0.687. The number of carbonyl (C=O) groups excluding carboxylic acids is 2. The Morgan fingerprint density at radius 3 is 2.14 bits per heavy atom. The van der Waals surface area contributed by atoms with Gasteiger partial charge in [0.1, 0.15) is 11.2 Å². The first-order chi connectivity index (χ1) is 13.4. The van der Waals surface area contributed by atoms with Crippen LogP contribution in [0.3, 0.4) is 0 Å². The van der Waals surface area contributed by atoms with Crippen LogP contribution in [0.4, 0.5) is 9.59 Å². The van der Waals surface area contributed by atoms with Crippen molar-refractivity contribution in [1.82, 2.24) is 14.7 Å². The van der Waals surface area contributed by atoms with Gasteiger partial charge in [-0.3, -0.25) is 4.68 Å². The number of hydrogen-bond acceptors (Lipinski definition) is 5. The molecule has 29 heavy (non-hydrogen) atoms. The van der Waals surface area contributed by atoms with Gasteiger partial charge in [0, 0.05) is 11.9 Å². The second-order valence-corrected chi connectivity index (χ2v) is 9.71. The molecule has 0 spiro atoms. The van der Waals surface area contributed by atoms with Gasteiger partial charge in [-0.15, -0.1) is 0 Å². The highest BCUT2D eigenvalue weighted by atomic mass is 16.6. The minimum Gasteiger partial charge on any atom is -0.443 e. The van der Waals surface area contributed by atoms with Crippen LogP contribution in [0.5, 0.6) is 0 Å². The van der Waals surface area contributed by atoms with Crippen LogP contribution in [-0.2, 0) is 9.47 Å². The number of hydrogen-bond donors (Lipinski definition) is 0. The van der Waals surface area contributed by atoms with Crippen molar-refractivity contribution in [2.75, 3.05) is 6.54 Å². The third kappa shape index (κ3) is 5.28. The Morgan fingerprint density at radius 1 is 1.03 bits per heavy atom. The van der Waals surface area contributed by atoms with Crippen molar-refractivity contribution in [2.24, 2.45) is 5.92 Å². The molecule has 1 aromatic heterocycles. The molecule has 0 N–H and O–H groups in total. The molecule has 158 valence electrons. The average Bonchev–Trinajstić information content (AvgIpc) is 2.94. The molecule has 7 heteroatoms. The summed E-state index contributed by atoms with van der Waals surface area (Å²) in [6.07, 6.45) is 2.22. The van der Waals surface area contributed by atoms with Crippen molar-refractivity contribution in [1.29, 1.82) is 0 Å². The maximum Gasteiger partial charge on any atom is 0.419 e. The summed E-state index contributed by atoms with van der Waals surface area (Å²) in [6, 6.07) is 8.37. The summed E-state index contributed by atoms with van der Waals surface area (Å²) in [7, 11) is 0. The second kappa shape index (κ2) is 7.69. The van der Waals surface area contributed by atoms with Crippen molar-refractivity contribution >= 4 is 23.1 Å². The lowest BCUT2D eigenvalue weighted by molar-refractivity contribution is -0.00630. The fourth-order valence-corrected chi connectivity index (χ4v) is 3.45. The van der Waals surface area contributed by atoms with Gasteiger partial charge >= 0.3 is 12.2 Å². The largest absolute Gasteiger partial charge is 0.443 e. The molecular weight excluding hydrogens is 370 g/mol. The SMILES string of the molecule is CC(C)(C)OC(=O)N(CC1CC(n2ncc3ccccc32)C1)C(=O)OC(C)(C)C. The van der Waals surface area contributed by atoms with E-state index in [2.05, 4.69) is 11.2 Å². The number of rotatable bonds is 3. The number of aromatic nitrogens is 2. The van der Waals surface area contributed by atoms with Gasteiger partial charge in [-0.05, 0) is 66.4 Å². The van der Waals surface area contributed by atoms with Crippen LogP contribution in [0.2, 0.25) is 0 Å². The van der Waals surface area contributed by atoms with Crippen LogP contribution in [0.1, 0.15) is 60.4 Å². The Labute approximate surface area is 171 Å². The maximum atomic E-state index is 12.6. The predicted molar refractivity (Wildman–Crippen MR) is 111 cm³/mol. The summed E-state index contributed by atoms with van der Waals surface area (Å²) in [5.41, 5.74) is -0.270. The zero-order valence-corrected chi connectivity index (χ0v) is 18.1. The molecule has 1 heterocycles. The molecule has 0 unspecified atom stereocenters. The third-order valence-electron chi connectivity index (χ3n) is 4.73. The number of carbonyl (C=O) groups is 2. The second-order valence-electron chi connectivity index (χ2n) is 9.71. The number of para-hydroxylation sites is 1. The van der Waals surface area contributed by atoms with Crippen molar-refractivity contribution < 1.29 is 19.1 Å². The standard InChI is InChI=1S/C22H31N3O4/c1-21(2,3)28-19(26)24(20(27)29-22(4,5)6)14-15-11-17(12-15)25-18-10-8-7-9-16(18)13-23-25/h7-10,13,15,17H,11-12,14H2,1-6H3. The molecular formula is C22H31N3O4. The van der Waals surface area contributed by atoms with Crippen LogP contribution in [0.25, 0.3) is 10.9 Å². The Kier molecular flexibility index (Phi) is 5.61. The van der Waals surface area contributed by atoms with E-state index >= 15 is 0 Å². The summed E-state index contributed by atoms with van der Waals surface area (Å²) in [5.74, 6) is 0.183. The molecule has 0 bridgehead atoms. The molecule has 0 radical (unpaired) electrons. The highest BCUT2D eigenvalue weighted by molar-refractivity contribution is 5.88. The van der Waals surface area contributed by atoms with E-state index in [9.17, 15) is 9.59 Å². The first-order valence-corrected chi connectivity index (χ1v) is 10.1. The number of amides is 2. The fourth-order valence-electron chi connectivity index (χ4n) is 3.45. The highest BCUT2D eigenvalue weighted by Crippen LogP contribution is 2.39. The van der Waals surface area contributed by atoms with E-state index in [0.29, 0.717) is 0 Å². The number of benzene rings is 1. The number of fused-ring (bicyclic) bond motifs is 1. The Balaban J connectivity index is 1.67. The Hall–Kier alpha value is -2.57. The van der Waals surface area contributed by atoms with Gasteiger partial charge in [0.2, 0.25) is 0 Å². The topological polar surface area (TPSA) is 73.7 Å². The summed E-state index contributed by atoms with van der Waals surface area (Å²) in [6.45, 7) is 10.9. The molecule has 2 amide bonds. The average molecular weight is 402 g/mol. The molecule has 1 saturated carbocycles. The monoisotopic (exact) mass is 401 g/mol. The van der Waals surface area contributed by atoms with Gasteiger partial charge < -0.3 is 9.47 Å². The molecule has 0 saturated heterocycles. The van der Waals surface area contributed by atoms with Crippen molar-refractivity contribution in [3.63, 3.8) is 0 Å². The molecule has 7 nitrogen and oxygen atoms in total. The molecule has 3 rings (SSSR count). The lowest BCUT2D eigenvalue weighted by atomic mass is 9.80. The summed E-state index contributed by atoms with van der Waals surface area (Å²) in [4.78, 5) is 26.4. The minimum absolute atomic E-state index is 0.183. The lowest BCUT2D eigenvalue weighted by Gasteiger charge is -2.38. The summed E-state index contributed by atoms with van der Waals surface area (Å²) < 4.78 is 12.9. The smallest absolute Gasteiger partial charge is 0.419 e. The normalized spacial score (nSPS) is 19.5. The number of ether oxygens (including phenoxy) is 2. The van der Waals surface area contributed by atoms with Crippen molar-refractivity contribution in [3.8, 4) is 0 Å². The molecule has 0 atom stereocenters. The first kappa shape index (κ1) is 21.1. The molecule has 1 aliphatic rings. The van der Waals surface area contributed by atoms with Crippen LogP contribution >= 0.6 is 0 Å². The maximum absolute atomic E-state index is 12.6. The van der Waals surface area contributed by atoms with E-state index in [1.54, 1.807) is 41.5 Å². The van der Waals surface area contributed by atoms with E-state index < -0.39 is 23.4 Å². The Bertz CT molecular complexity index is 857. The zero-order valence-electron chi connectivity index (χ0n) is 18.1. The predicted octanol–water partition coefficient (Wildman–Crippen LogP) is 5.16. The Morgan fingerprint density at radius 2 is 1.59 bits per heavy atom. The van der Waals surface area contributed by atoms with Gasteiger partial charge in [-0.2, -0.15) is 5.10 Å². The van der Waals surface area contributed by atoms with Gasteiger partial charge in [0.25, 0.3) is 0 Å². The van der Waals surface area contributed by atoms with Crippen LogP contribution in [0, 0.1) is 5.92 Å². The van der Waals surface area contributed by atoms with E-state index in [0.717, 1.165) is 28.6 Å². The van der Waals surface area contributed by atoms with Gasteiger partial charge in [-0.1, -0.05) is 18.2 Å². The lowest BCUT2D eigenvalue weighted by Crippen LogP contribution is -2.47. The van der Waals surface area contributed by atoms with Crippen LogP contribution < -0.4 is 0 Å². The van der Waals surface area contributed by atoms with E-state index in [-0.39, 0.29) is 18.5 Å². The summed E-state index contributed by atoms with van der Waals surface area (Å²) in [5, 5.41) is 5.63. The van der Waals surface area contributed by atoms with Crippen molar-refractivity contribution in [2.45, 2.75) is 71.6 Å². The van der Waals surface area contributed by atoms with E-state index in [1.165, 1.54) is 0 Å². The molecule has 1 aromatic carbocycles. The summed E-state index contributed by atoms with van der Waals surface area (Å²) >= 11 is 0. The van der Waals surface area contributed by atoms with E-state index in [1.807, 2.05) is 29.1 Å². The molecule has 0 aliphatic heterocycles. The number of nitrogens with zero attached hydrogens (tertiary/aromatic N) is 3. The quantitative estimate of drug-likeness (QED) is 0.710. The van der Waals surface area contributed by atoms with Gasteiger partial charge in [0.15, 0.2) is 0 Å². The van der Waals surface area contributed by atoms with Crippen molar-refractivity contribution in [3.05, 3.63) is 30.5 Å². The fraction of sp³-hybridized carbons (Fsp3) is 0.591. The number of imide groups is 1. The van der Waals surface area contributed by atoms with Gasteiger partial charge in [0.05, 0.1) is 17.8 Å². The van der Waals surface area contributed by atoms with Gasteiger partial charge in [-0.25, -0.2) is 14.5 Å². The third-order valence-corrected chi connectivity index (χ3v) is 4.73. The molecule has 2 aromatic rings. The van der Waals surface area contributed by atoms with Crippen LogP contribution in [0.15, 0.2) is 30.5 Å². The zero-order chi connectivity index (χ0) is 21.4. The highest BCUT2D eigenvalue weighted by Gasteiger charge is 2.38. The van der Waals surface area contributed by atoms with E-state index in [4.69, 9.17) is 9.47 Å². The van der Waals surface area contributed by atoms with Crippen LogP contribution in [-0.4, -0.2) is 44.6 Å². The molecule has 1 fully saturated rings. The first-order valence-electron chi connectivity index (χ1n) is 10.1.